The number of carbonyl (C=O) groups excluding carboxylic acids is 3. The van der Waals surface area contributed by atoms with Gasteiger partial charge in [-0.15, -0.1) is 0 Å². The van der Waals surface area contributed by atoms with Gasteiger partial charge in [-0.1, -0.05) is 25.1 Å². The Labute approximate surface area is 212 Å². The number of nitrogens with one attached hydrogen (secondary N) is 1. The summed E-state index contributed by atoms with van der Waals surface area (Å²) in [6.45, 7) is 8.23. The van der Waals surface area contributed by atoms with E-state index in [1.54, 1.807) is 17.0 Å². The summed E-state index contributed by atoms with van der Waals surface area (Å²) in [5.41, 5.74) is 5.83. The van der Waals surface area contributed by atoms with E-state index < -0.39 is 0 Å². The molecule has 0 unspecified atom stereocenters. The lowest BCUT2D eigenvalue weighted by atomic mass is 10.1. The fourth-order valence-corrected chi connectivity index (χ4v) is 4.14. The molecule has 0 bridgehead atoms. The average Bonchev–Trinajstić information content (AvgIpc) is 3.16. The van der Waals surface area contributed by atoms with E-state index in [9.17, 15) is 14.4 Å². The molecule has 3 aromatic rings. The zero-order valence-electron chi connectivity index (χ0n) is 21.6. The first kappa shape index (κ1) is 26.7. The average molecular weight is 491 g/mol. The van der Waals surface area contributed by atoms with Crippen molar-refractivity contribution < 1.29 is 19.1 Å². The third-order valence-electron chi connectivity index (χ3n) is 6.14. The van der Waals surface area contributed by atoms with Crippen LogP contribution in [0.4, 0.5) is 5.69 Å². The fourth-order valence-electron chi connectivity index (χ4n) is 4.14. The molecule has 190 valence electrons. The van der Waals surface area contributed by atoms with Gasteiger partial charge in [0.05, 0.1) is 18.5 Å². The van der Waals surface area contributed by atoms with Crippen LogP contribution in [0.25, 0.3) is 5.69 Å². The zero-order valence-corrected chi connectivity index (χ0v) is 21.6. The van der Waals surface area contributed by atoms with Crippen LogP contribution < -0.4 is 5.32 Å². The lowest BCUT2D eigenvalue weighted by Gasteiger charge is -2.22. The molecule has 0 fully saturated rings. The highest BCUT2D eigenvalue weighted by molar-refractivity contribution is 5.99. The summed E-state index contributed by atoms with van der Waals surface area (Å²) in [6.07, 6.45) is 1.58. The number of ether oxygens (including phenoxy) is 1. The van der Waals surface area contributed by atoms with Crippen molar-refractivity contribution in [2.45, 2.75) is 47.0 Å². The van der Waals surface area contributed by atoms with Crippen LogP contribution in [0.2, 0.25) is 0 Å². The highest BCUT2D eigenvalue weighted by atomic mass is 16.5. The molecule has 8 heteroatoms. The number of aromatic nitrogens is 2. The number of para-hydroxylation sites is 1. The van der Waals surface area contributed by atoms with Crippen molar-refractivity contribution >= 4 is 23.5 Å². The molecule has 3 rings (SSSR count). The summed E-state index contributed by atoms with van der Waals surface area (Å²) in [7, 11) is 1.38. The smallest absolute Gasteiger partial charge is 0.305 e. The standard InChI is InChI=1S/C28H34N4O4/c1-6-17-31(18-26(33)29-25-10-8-7-9-19(25)2)28(35)22-11-13-23(14-12-22)32-21(4)24(20(3)30-32)15-16-27(34)36-5/h7-14H,6,15-18H2,1-5H3,(H,29,33). The van der Waals surface area contributed by atoms with E-state index in [1.165, 1.54) is 7.11 Å². The zero-order chi connectivity index (χ0) is 26.2. The molecule has 36 heavy (non-hydrogen) atoms. The molecule has 1 aromatic heterocycles. The van der Waals surface area contributed by atoms with Crippen molar-refractivity contribution in [3.05, 3.63) is 76.6 Å². The summed E-state index contributed by atoms with van der Waals surface area (Å²) < 4.78 is 6.56. The highest BCUT2D eigenvalue weighted by Gasteiger charge is 2.20. The summed E-state index contributed by atoms with van der Waals surface area (Å²) >= 11 is 0. The van der Waals surface area contributed by atoms with Gasteiger partial charge in [0.2, 0.25) is 5.91 Å². The number of carbonyl (C=O) groups is 3. The second kappa shape index (κ2) is 12.2. The number of nitrogens with zero attached hydrogens (tertiary/aromatic N) is 3. The molecule has 0 saturated carbocycles. The number of anilines is 1. The van der Waals surface area contributed by atoms with E-state index in [-0.39, 0.29) is 24.3 Å². The number of hydrogen-bond donors (Lipinski definition) is 1. The molecule has 1 N–H and O–H groups in total. The minimum absolute atomic E-state index is 0.0240. The van der Waals surface area contributed by atoms with Crippen LogP contribution in [0.3, 0.4) is 0 Å². The molecule has 0 aliphatic heterocycles. The van der Waals surface area contributed by atoms with Gasteiger partial charge < -0.3 is 15.0 Å². The topological polar surface area (TPSA) is 93.5 Å². The number of methoxy groups -OCH3 is 1. The van der Waals surface area contributed by atoms with Gasteiger partial charge in [-0.2, -0.15) is 5.10 Å². The molecular formula is C28H34N4O4. The number of aryl methyl sites for hydroxylation is 2. The fraction of sp³-hybridized carbons (Fsp3) is 0.357. The van der Waals surface area contributed by atoms with Crippen LogP contribution in [0.1, 0.15) is 52.6 Å². The van der Waals surface area contributed by atoms with Gasteiger partial charge in [0.1, 0.15) is 6.54 Å². The van der Waals surface area contributed by atoms with Gasteiger partial charge in [-0.3, -0.25) is 14.4 Å². The Hall–Kier alpha value is -3.94. The van der Waals surface area contributed by atoms with E-state index in [0.717, 1.165) is 40.3 Å². The van der Waals surface area contributed by atoms with E-state index >= 15 is 0 Å². The first-order chi connectivity index (χ1) is 17.2. The largest absolute Gasteiger partial charge is 0.469 e. The Morgan fingerprint density at radius 2 is 1.72 bits per heavy atom. The Balaban J connectivity index is 1.73. The Kier molecular flexibility index (Phi) is 9.00. The molecule has 2 aromatic carbocycles. The van der Waals surface area contributed by atoms with Gasteiger partial charge in [0.25, 0.3) is 5.91 Å². The van der Waals surface area contributed by atoms with Crippen molar-refractivity contribution in [1.82, 2.24) is 14.7 Å². The molecule has 0 radical (unpaired) electrons. The molecular weight excluding hydrogens is 456 g/mol. The van der Waals surface area contributed by atoms with E-state index in [0.29, 0.717) is 24.9 Å². The third-order valence-corrected chi connectivity index (χ3v) is 6.14. The first-order valence-corrected chi connectivity index (χ1v) is 12.1. The molecule has 0 aliphatic rings. The minimum atomic E-state index is -0.256. The third kappa shape index (κ3) is 6.38. The predicted octanol–water partition coefficient (Wildman–Crippen LogP) is 4.39. The number of benzene rings is 2. The van der Waals surface area contributed by atoms with Crippen LogP contribution in [-0.4, -0.2) is 52.7 Å². The number of rotatable bonds is 10. The molecule has 0 atom stereocenters. The summed E-state index contributed by atoms with van der Waals surface area (Å²) in [5.74, 6) is -0.686. The lowest BCUT2D eigenvalue weighted by Crippen LogP contribution is -2.38. The molecule has 0 aliphatic carbocycles. The van der Waals surface area contributed by atoms with Crippen molar-refractivity contribution in [2.75, 3.05) is 25.5 Å². The number of hydrogen-bond acceptors (Lipinski definition) is 5. The summed E-state index contributed by atoms with van der Waals surface area (Å²) in [4.78, 5) is 39.0. The quantitative estimate of drug-likeness (QED) is 0.426. The second-order valence-corrected chi connectivity index (χ2v) is 8.77. The first-order valence-electron chi connectivity index (χ1n) is 12.1. The summed E-state index contributed by atoms with van der Waals surface area (Å²) in [5, 5.41) is 7.52. The predicted molar refractivity (Wildman–Crippen MR) is 139 cm³/mol. The highest BCUT2D eigenvalue weighted by Crippen LogP contribution is 2.21. The Bertz CT molecular complexity index is 1230. The van der Waals surface area contributed by atoms with Crippen LogP contribution >= 0.6 is 0 Å². The van der Waals surface area contributed by atoms with Crippen molar-refractivity contribution in [3.8, 4) is 5.69 Å². The van der Waals surface area contributed by atoms with Crippen molar-refractivity contribution in [2.24, 2.45) is 0 Å². The van der Waals surface area contributed by atoms with Crippen LogP contribution in [0.5, 0.6) is 0 Å². The maximum absolute atomic E-state index is 13.2. The molecule has 0 saturated heterocycles. The summed E-state index contributed by atoms with van der Waals surface area (Å²) in [6, 6.07) is 14.7. The Morgan fingerprint density at radius 1 is 1.03 bits per heavy atom. The minimum Gasteiger partial charge on any atom is -0.469 e. The monoisotopic (exact) mass is 490 g/mol. The van der Waals surface area contributed by atoms with Gasteiger partial charge >= 0.3 is 5.97 Å². The van der Waals surface area contributed by atoms with Gasteiger partial charge in [-0.25, -0.2) is 4.68 Å². The van der Waals surface area contributed by atoms with Crippen molar-refractivity contribution in [3.63, 3.8) is 0 Å². The molecule has 1 heterocycles. The normalized spacial score (nSPS) is 10.7. The van der Waals surface area contributed by atoms with Crippen LogP contribution in [-0.2, 0) is 20.7 Å². The molecule has 0 spiro atoms. The lowest BCUT2D eigenvalue weighted by molar-refractivity contribution is -0.140. The van der Waals surface area contributed by atoms with E-state index in [4.69, 9.17) is 4.74 Å². The van der Waals surface area contributed by atoms with Crippen molar-refractivity contribution in [1.29, 1.82) is 0 Å². The van der Waals surface area contributed by atoms with Gasteiger partial charge in [0.15, 0.2) is 0 Å². The maximum atomic E-state index is 13.2. The van der Waals surface area contributed by atoms with E-state index in [2.05, 4.69) is 10.4 Å². The Morgan fingerprint density at radius 3 is 2.36 bits per heavy atom. The second-order valence-electron chi connectivity index (χ2n) is 8.77. The van der Waals surface area contributed by atoms with Crippen LogP contribution in [0, 0.1) is 20.8 Å². The molecule has 8 nitrogen and oxygen atoms in total. The number of esters is 1. The van der Waals surface area contributed by atoms with E-state index in [1.807, 2.05) is 68.8 Å². The SMILES string of the molecule is CCCN(CC(=O)Nc1ccccc1C)C(=O)c1ccc(-n2nc(C)c(CCC(=O)OC)c2C)cc1. The van der Waals surface area contributed by atoms with Gasteiger partial charge in [-0.05, 0) is 75.1 Å². The van der Waals surface area contributed by atoms with Crippen LogP contribution in [0.15, 0.2) is 48.5 Å². The number of amides is 2. The van der Waals surface area contributed by atoms with Gasteiger partial charge in [0, 0.05) is 29.9 Å². The molecule has 2 amide bonds. The maximum Gasteiger partial charge on any atom is 0.305 e.